The van der Waals surface area contributed by atoms with Crippen molar-refractivity contribution in [3.05, 3.63) is 35.5 Å². The van der Waals surface area contributed by atoms with Gasteiger partial charge in [-0.05, 0) is 37.8 Å². The molecule has 0 bridgehead atoms. The van der Waals surface area contributed by atoms with Gasteiger partial charge in [-0.25, -0.2) is 4.79 Å². The Kier molecular flexibility index (Phi) is 4.22. The second kappa shape index (κ2) is 5.72. The highest BCUT2D eigenvalue weighted by molar-refractivity contribution is 5.91. The molecular formula is C15H20O4. The Balaban J connectivity index is 2.32. The average molecular weight is 264 g/mol. The van der Waals surface area contributed by atoms with Gasteiger partial charge in [0.15, 0.2) is 0 Å². The Morgan fingerprint density at radius 3 is 2.95 bits per heavy atom. The first kappa shape index (κ1) is 14.0. The quantitative estimate of drug-likeness (QED) is 0.428. The van der Waals surface area contributed by atoms with Crippen molar-refractivity contribution >= 4 is 5.97 Å². The van der Waals surface area contributed by atoms with Gasteiger partial charge in [-0.2, -0.15) is 0 Å². The predicted molar refractivity (Wildman–Crippen MR) is 71.3 cm³/mol. The molecule has 2 aliphatic rings. The van der Waals surface area contributed by atoms with Crippen molar-refractivity contribution in [2.24, 2.45) is 5.92 Å². The lowest BCUT2D eigenvalue weighted by Gasteiger charge is -2.23. The number of carbonyl (C=O) groups excluding carboxylic acids is 1. The van der Waals surface area contributed by atoms with E-state index < -0.39 is 24.1 Å². The van der Waals surface area contributed by atoms with E-state index in [1.807, 2.05) is 19.1 Å². The van der Waals surface area contributed by atoms with Crippen molar-refractivity contribution < 1.29 is 19.7 Å². The molecule has 2 rings (SSSR count). The van der Waals surface area contributed by atoms with Crippen LogP contribution >= 0.6 is 0 Å². The fourth-order valence-electron chi connectivity index (χ4n) is 2.67. The largest absolute Gasteiger partial charge is 0.454 e. The topological polar surface area (TPSA) is 66.8 Å². The molecular weight excluding hydrogens is 244 g/mol. The van der Waals surface area contributed by atoms with Crippen LogP contribution in [-0.4, -0.2) is 35.0 Å². The smallest absolute Gasteiger partial charge is 0.334 e. The van der Waals surface area contributed by atoms with Crippen LogP contribution in [0.1, 0.15) is 26.2 Å². The fourth-order valence-corrected chi connectivity index (χ4v) is 2.67. The Morgan fingerprint density at radius 2 is 2.26 bits per heavy atom. The molecule has 4 heteroatoms. The molecule has 19 heavy (non-hydrogen) atoms. The number of ether oxygens (including phenoxy) is 1. The Hall–Kier alpha value is -1.39. The number of allylic oxidation sites excluding steroid dienone is 2. The minimum absolute atomic E-state index is 0.0709. The number of fused-ring (bicyclic) bond motifs is 1. The maximum absolute atomic E-state index is 11.6. The number of carbonyl (C=O) groups is 1. The summed E-state index contributed by atoms with van der Waals surface area (Å²) in [6.07, 6.45) is 4.69. The van der Waals surface area contributed by atoms with Crippen molar-refractivity contribution in [3.8, 4) is 0 Å². The maximum atomic E-state index is 11.6. The summed E-state index contributed by atoms with van der Waals surface area (Å²) in [7, 11) is 0. The van der Waals surface area contributed by atoms with Crippen LogP contribution in [0.2, 0.25) is 0 Å². The van der Waals surface area contributed by atoms with E-state index in [-0.39, 0.29) is 6.61 Å². The number of aliphatic hydroxyl groups is 2. The zero-order chi connectivity index (χ0) is 14.0. The number of hydrogen-bond donors (Lipinski definition) is 2. The van der Waals surface area contributed by atoms with E-state index in [1.54, 1.807) is 0 Å². The van der Waals surface area contributed by atoms with Crippen LogP contribution in [-0.2, 0) is 9.53 Å². The third kappa shape index (κ3) is 2.96. The molecule has 1 saturated heterocycles. The molecule has 1 heterocycles. The standard InChI is InChI=1S/C15H20O4/c1-9-4-3-5-11(8-16)7-12(17)14-10(2)15(18)19-13(14)6-9/h5-6,12-14,16-17H,2-4,7-8H2,1H3/b9-6-,11-5?. The van der Waals surface area contributed by atoms with Gasteiger partial charge in [-0.3, -0.25) is 0 Å². The molecule has 0 spiro atoms. The lowest BCUT2D eigenvalue weighted by Crippen LogP contribution is -2.29. The highest BCUT2D eigenvalue weighted by atomic mass is 16.6. The molecule has 0 radical (unpaired) electrons. The van der Waals surface area contributed by atoms with Gasteiger partial charge in [0.2, 0.25) is 0 Å². The highest BCUT2D eigenvalue weighted by Gasteiger charge is 2.42. The Morgan fingerprint density at radius 1 is 1.53 bits per heavy atom. The van der Waals surface area contributed by atoms with E-state index in [0.717, 1.165) is 24.0 Å². The minimum Gasteiger partial charge on any atom is -0.454 e. The van der Waals surface area contributed by atoms with Gasteiger partial charge in [-0.15, -0.1) is 0 Å². The van der Waals surface area contributed by atoms with Gasteiger partial charge in [0.05, 0.1) is 18.6 Å². The van der Waals surface area contributed by atoms with E-state index in [2.05, 4.69) is 6.58 Å². The van der Waals surface area contributed by atoms with Gasteiger partial charge in [0.1, 0.15) is 6.10 Å². The first-order valence-electron chi connectivity index (χ1n) is 6.57. The predicted octanol–water partition coefficient (Wildman–Crippen LogP) is 1.49. The molecule has 0 amide bonds. The summed E-state index contributed by atoms with van der Waals surface area (Å²) < 4.78 is 5.26. The summed E-state index contributed by atoms with van der Waals surface area (Å²) in [5.74, 6) is -0.859. The summed E-state index contributed by atoms with van der Waals surface area (Å²) in [5.41, 5.74) is 2.23. The number of hydrogen-bond acceptors (Lipinski definition) is 4. The normalized spacial score (nSPS) is 35.0. The lowest BCUT2D eigenvalue weighted by molar-refractivity contribution is -0.137. The number of esters is 1. The summed E-state index contributed by atoms with van der Waals surface area (Å²) in [4.78, 5) is 11.6. The Bertz CT molecular complexity index is 447. The van der Waals surface area contributed by atoms with Crippen molar-refractivity contribution in [2.75, 3.05) is 6.61 Å². The summed E-state index contributed by atoms with van der Waals surface area (Å²) in [5, 5.41) is 19.6. The van der Waals surface area contributed by atoms with Crippen LogP contribution in [0.5, 0.6) is 0 Å². The Labute approximate surface area is 113 Å². The fraction of sp³-hybridized carbons (Fsp3) is 0.533. The second-order valence-corrected chi connectivity index (χ2v) is 5.26. The van der Waals surface area contributed by atoms with Gasteiger partial charge in [-0.1, -0.05) is 18.2 Å². The molecule has 104 valence electrons. The molecule has 2 N–H and O–H groups in total. The molecule has 0 aromatic heterocycles. The molecule has 3 atom stereocenters. The third-order valence-electron chi connectivity index (χ3n) is 3.77. The molecule has 4 nitrogen and oxygen atoms in total. The molecule has 0 saturated carbocycles. The number of aliphatic hydroxyl groups excluding tert-OH is 2. The summed E-state index contributed by atoms with van der Waals surface area (Å²) >= 11 is 0. The van der Waals surface area contributed by atoms with E-state index >= 15 is 0 Å². The summed E-state index contributed by atoms with van der Waals surface area (Å²) in [6.45, 7) is 5.63. The van der Waals surface area contributed by atoms with Crippen LogP contribution < -0.4 is 0 Å². The first-order valence-corrected chi connectivity index (χ1v) is 6.57. The van der Waals surface area contributed by atoms with Crippen LogP contribution in [0, 0.1) is 5.92 Å². The monoisotopic (exact) mass is 264 g/mol. The van der Waals surface area contributed by atoms with Crippen molar-refractivity contribution in [1.82, 2.24) is 0 Å². The van der Waals surface area contributed by atoms with E-state index in [4.69, 9.17) is 4.74 Å². The van der Waals surface area contributed by atoms with E-state index in [9.17, 15) is 15.0 Å². The van der Waals surface area contributed by atoms with Crippen LogP contribution in [0.25, 0.3) is 0 Å². The van der Waals surface area contributed by atoms with Gasteiger partial charge in [0.25, 0.3) is 0 Å². The summed E-state index contributed by atoms with van der Waals surface area (Å²) in [6, 6.07) is 0. The first-order chi connectivity index (χ1) is 9.02. The van der Waals surface area contributed by atoms with Crippen LogP contribution in [0.3, 0.4) is 0 Å². The molecule has 1 fully saturated rings. The van der Waals surface area contributed by atoms with Crippen molar-refractivity contribution in [1.29, 1.82) is 0 Å². The van der Waals surface area contributed by atoms with Gasteiger partial charge < -0.3 is 14.9 Å². The van der Waals surface area contributed by atoms with Crippen molar-refractivity contribution in [3.63, 3.8) is 0 Å². The SMILES string of the molecule is C=C1C(=O)OC2/C=C(/C)CCC=C(CO)CC(O)C12. The zero-order valence-electron chi connectivity index (χ0n) is 11.1. The second-order valence-electron chi connectivity index (χ2n) is 5.26. The molecule has 0 aromatic carbocycles. The molecule has 1 aliphatic heterocycles. The van der Waals surface area contributed by atoms with Gasteiger partial charge in [0, 0.05) is 5.57 Å². The van der Waals surface area contributed by atoms with Crippen LogP contribution in [0.4, 0.5) is 0 Å². The average Bonchev–Trinajstić information content (AvgIpc) is 2.63. The third-order valence-corrected chi connectivity index (χ3v) is 3.77. The van der Waals surface area contributed by atoms with Crippen molar-refractivity contribution in [2.45, 2.75) is 38.4 Å². The van der Waals surface area contributed by atoms with Gasteiger partial charge >= 0.3 is 5.97 Å². The highest BCUT2D eigenvalue weighted by Crippen LogP contribution is 2.34. The maximum Gasteiger partial charge on any atom is 0.334 e. The minimum atomic E-state index is -0.760. The molecule has 1 aliphatic carbocycles. The van der Waals surface area contributed by atoms with E-state index in [1.165, 1.54) is 0 Å². The number of rotatable bonds is 1. The van der Waals surface area contributed by atoms with E-state index in [0.29, 0.717) is 12.0 Å². The molecule has 3 unspecified atom stereocenters. The lowest BCUT2D eigenvalue weighted by atomic mass is 9.85. The van der Waals surface area contributed by atoms with Crippen LogP contribution in [0.15, 0.2) is 35.5 Å². The zero-order valence-corrected chi connectivity index (χ0v) is 11.1. The molecule has 0 aromatic rings.